The van der Waals surface area contributed by atoms with E-state index in [2.05, 4.69) is 264 Å². The summed E-state index contributed by atoms with van der Waals surface area (Å²) in [4.78, 5) is 2.35. The van der Waals surface area contributed by atoms with Crippen LogP contribution in [-0.4, -0.2) is 4.57 Å². The van der Waals surface area contributed by atoms with Crippen LogP contribution < -0.4 is 4.90 Å². The zero-order valence-electron chi connectivity index (χ0n) is 36.6. The first-order chi connectivity index (χ1) is 33.2. The van der Waals surface area contributed by atoms with Crippen LogP contribution in [0.25, 0.3) is 105 Å². The molecule has 3 nitrogen and oxygen atoms in total. The van der Waals surface area contributed by atoms with Gasteiger partial charge in [-0.2, -0.15) is 0 Å². The van der Waals surface area contributed by atoms with Gasteiger partial charge in [-0.15, -0.1) is 0 Å². The van der Waals surface area contributed by atoms with Crippen LogP contribution in [0.15, 0.2) is 259 Å². The zero-order chi connectivity index (χ0) is 44.3. The molecule has 2 aromatic heterocycles. The highest BCUT2D eigenvalue weighted by atomic mass is 16.3. The van der Waals surface area contributed by atoms with Crippen molar-refractivity contribution in [3.8, 4) is 50.2 Å². The van der Waals surface area contributed by atoms with Gasteiger partial charge in [-0.25, -0.2) is 0 Å². The lowest BCUT2D eigenvalue weighted by atomic mass is 9.99. The molecule has 0 atom stereocenters. The number of hydrogen-bond acceptors (Lipinski definition) is 2. The summed E-state index contributed by atoms with van der Waals surface area (Å²) in [5.41, 5.74) is 17.9. The summed E-state index contributed by atoms with van der Waals surface area (Å²) in [7, 11) is 0. The number of nitrogens with zero attached hydrogens (tertiary/aromatic N) is 2. The van der Waals surface area contributed by atoms with Crippen LogP contribution in [0.4, 0.5) is 17.1 Å². The SMILES string of the molecule is c1ccc(-c2ccc(-c3ccc(N(c4ccc(-c5ccccc5-n5c6ccccc6c6ccccc65)cc4)c4ccc(-c5cccc6c5oc5c7ccccc7ccc65)cc4)cc3)cc2)cc1. The fourth-order valence-corrected chi connectivity index (χ4v) is 10.2. The number of hydrogen-bond donors (Lipinski definition) is 0. The maximum atomic E-state index is 6.75. The fourth-order valence-electron chi connectivity index (χ4n) is 10.2. The summed E-state index contributed by atoms with van der Waals surface area (Å²) < 4.78 is 9.16. The standard InChI is InChI=1S/C64H42N2O/c1-2-13-43(14-3-1)44-25-27-45(28-26-44)46-29-36-50(37-30-46)65(52-40-33-49(34-41-52)55-20-12-21-58-59-42-35-47-15-4-5-17-54(47)64(59)67-63(55)58)51-38-31-48(32-39-51)53-16-6-9-22-60(53)66-61-23-10-7-18-56(61)57-19-8-11-24-62(57)66/h1-42H. The van der Waals surface area contributed by atoms with Gasteiger partial charge < -0.3 is 13.9 Å². The predicted molar refractivity (Wildman–Crippen MR) is 282 cm³/mol. The summed E-state index contributed by atoms with van der Waals surface area (Å²) in [5, 5.41) is 7.07. The molecule has 3 heteroatoms. The van der Waals surface area contributed by atoms with E-state index >= 15 is 0 Å². The van der Waals surface area contributed by atoms with Gasteiger partial charge in [0.1, 0.15) is 11.2 Å². The lowest BCUT2D eigenvalue weighted by Gasteiger charge is -2.26. The van der Waals surface area contributed by atoms with Gasteiger partial charge in [-0.3, -0.25) is 0 Å². The number of aromatic nitrogens is 1. The van der Waals surface area contributed by atoms with Crippen LogP contribution in [0, 0.1) is 0 Å². The van der Waals surface area contributed by atoms with E-state index in [9.17, 15) is 0 Å². The third-order valence-electron chi connectivity index (χ3n) is 13.4. The van der Waals surface area contributed by atoms with Gasteiger partial charge in [-0.1, -0.05) is 194 Å². The summed E-state index contributed by atoms with van der Waals surface area (Å²) in [6.45, 7) is 0. The van der Waals surface area contributed by atoms with Crippen LogP contribution in [0.5, 0.6) is 0 Å². The highest BCUT2D eigenvalue weighted by Gasteiger charge is 2.19. The number of fused-ring (bicyclic) bond motifs is 8. The molecular formula is C64H42N2O. The van der Waals surface area contributed by atoms with Gasteiger partial charge in [0.15, 0.2) is 0 Å². The van der Waals surface area contributed by atoms with Gasteiger partial charge in [0, 0.05) is 55.1 Å². The van der Waals surface area contributed by atoms with Gasteiger partial charge in [0.25, 0.3) is 0 Å². The topological polar surface area (TPSA) is 21.3 Å². The van der Waals surface area contributed by atoms with Gasteiger partial charge in [0.2, 0.25) is 0 Å². The molecule has 11 aromatic carbocycles. The Kier molecular flexibility index (Phi) is 9.17. The Morgan fingerprint density at radius 2 is 0.701 bits per heavy atom. The highest BCUT2D eigenvalue weighted by molar-refractivity contribution is 6.17. The number of para-hydroxylation sites is 4. The molecule has 13 rings (SSSR count). The van der Waals surface area contributed by atoms with Crippen LogP contribution in [-0.2, 0) is 0 Å². The second kappa shape index (κ2) is 16.0. The Hall–Kier alpha value is -8.92. The lowest BCUT2D eigenvalue weighted by Crippen LogP contribution is -2.09. The third-order valence-corrected chi connectivity index (χ3v) is 13.4. The smallest absolute Gasteiger partial charge is 0.143 e. The minimum atomic E-state index is 0.905. The Labute approximate surface area is 388 Å². The van der Waals surface area contributed by atoms with Crippen LogP contribution in [0.3, 0.4) is 0 Å². The molecule has 314 valence electrons. The Morgan fingerprint density at radius 3 is 1.33 bits per heavy atom. The molecule has 0 spiro atoms. The second-order valence-electron chi connectivity index (χ2n) is 17.3. The van der Waals surface area contributed by atoms with E-state index in [0.717, 1.165) is 66.8 Å². The van der Waals surface area contributed by atoms with E-state index in [4.69, 9.17) is 4.42 Å². The Balaban J connectivity index is 0.893. The van der Waals surface area contributed by atoms with Crippen molar-refractivity contribution in [1.82, 2.24) is 4.57 Å². The van der Waals surface area contributed by atoms with Crippen LogP contribution >= 0.6 is 0 Å². The van der Waals surface area contributed by atoms with E-state index in [1.54, 1.807) is 0 Å². The van der Waals surface area contributed by atoms with Gasteiger partial charge in [0.05, 0.1) is 16.7 Å². The van der Waals surface area contributed by atoms with E-state index < -0.39 is 0 Å². The van der Waals surface area contributed by atoms with Crippen molar-refractivity contribution in [2.45, 2.75) is 0 Å². The molecule has 0 saturated heterocycles. The van der Waals surface area contributed by atoms with Crippen molar-refractivity contribution in [1.29, 1.82) is 0 Å². The minimum absolute atomic E-state index is 0.905. The molecule has 0 aliphatic rings. The van der Waals surface area contributed by atoms with E-state index in [0.29, 0.717) is 0 Å². The molecule has 0 amide bonds. The summed E-state index contributed by atoms with van der Waals surface area (Å²) in [6.07, 6.45) is 0. The van der Waals surface area contributed by atoms with Crippen molar-refractivity contribution in [2.75, 3.05) is 4.90 Å². The molecule has 0 bridgehead atoms. The average Bonchev–Trinajstić information content (AvgIpc) is 3.96. The largest absolute Gasteiger partial charge is 0.455 e. The molecule has 13 aromatic rings. The molecular weight excluding hydrogens is 813 g/mol. The molecule has 0 saturated carbocycles. The number of benzene rings is 11. The van der Waals surface area contributed by atoms with E-state index in [-0.39, 0.29) is 0 Å². The fraction of sp³-hybridized carbons (Fsp3) is 0. The van der Waals surface area contributed by atoms with Gasteiger partial charge >= 0.3 is 0 Å². The minimum Gasteiger partial charge on any atom is -0.455 e. The molecule has 2 heterocycles. The zero-order valence-corrected chi connectivity index (χ0v) is 36.6. The molecule has 0 radical (unpaired) electrons. The molecule has 0 aliphatic heterocycles. The third kappa shape index (κ3) is 6.59. The first kappa shape index (κ1) is 38.5. The van der Waals surface area contributed by atoms with Crippen LogP contribution in [0.2, 0.25) is 0 Å². The summed E-state index contributed by atoms with van der Waals surface area (Å²) in [5.74, 6) is 0. The molecule has 67 heavy (non-hydrogen) atoms. The number of anilines is 3. The maximum Gasteiger partial charge on any atom is 0.143 e. The normalized spacial score (nSPS) is 11.6. The number of rotatable bonds is 8. The summed E-state index contributed by atoms with van der Waals surface area (Å²) in [6, 6.07) is 91.7. The summed E-state index contributed by atoms with van der Waals surface area (Å²) >= 11 is 0. The van der Waals surface area contributed by atoms with Gasteiger partial charge in [-0.05, 0) is 99.4 Å². The average molecular weight is 855 g/mol. The lowest BCUT2D eigenvalue weighted by molar-refractivity contribution is 0.674. The number of furan rings is 1. The quantitative estimate of drug-likeness (QED) is 0.152. The van der Waals surface area contributed by atoms with E-state index in [1.807, 2.05) is 0 Å². The monoisotopic (exact) mass is 854 g/mol. The first-order valence-corrected chi connectivity index (χ1v) is 22.9. The highest BCUT2D eigenvalue weighted by Crippen LogP contribution is 2.42. The molecule has 0 fully saturated rings. The molecule has 0 N–H and O–H groups in total. The first-order valence-electron chi connectivity index (χ1n) is 22.9. The predicted octanol–water partition coefficient (Wildman–Crippen LogP) is 18.0. The van der Waals surface area contributed by atoms with E-state index in [1.165, 1.54) is 55.0 Å². The van der Waals surface area contributed by atoms with Crippen molar-refractivity contribution < 1.29 is 4.42 Å². The van der Waals surface area contributed by atoms with Crippen molar-refractivity contribution in [3.63, 3.8) is 0 Å². The molecule has 0 aliphatic carbocycles. The van der Waals surface area contributed by atoms with Crippen LogP contribution in [0.1, 0.15) is 0 Å². The second-order valence-corrected chi connectivity index (χ2v) is 17.3. The maximum absolute atomic E-state index is 6.75. The van der Waals surface area contributed by atoms with Crippen molar-refractivity contribution in [3.05, 3.63) is 255 Å². The Morgan fingerprint density at radius 1 is 0.269 bits per heavy atom. The Bertz CT molecular complexity index is 3880. The van der Waals surface area contributed by atoms with Crippen molar-refractivity contribution >= 4 is 71.6 Å². The van der Waals surface area contributed by atoms with Crippen molar-refractivity contribution in [2.24, 2.45) is 0 Å². The molecule has 0 unspecified atom stereocenters.